The molecule has 4 nitrogen and oxygen atoms in total. The number of allylic oxidation sites excluding steroid dienone is 1. The minimum Gasteiger partial charge on any atom is -0.317 e. The van der Waals surface area contributed by atoms with Crippen molar-refractivity contribution < 1.29 is 0 Å². The van der Waals surface area contributed by atoms with Crippen LogP contribution in [0.25, 0.3) is 0 Å². The Balaban J connectivity index is 0.00000199. The van der Waals surface area contributed by atoms with Gasteiger partial charge in [-0.3, -0.25) is 0 Å². The Morgan fingerprint density at radius 2 is 1.68 bits per heavy atom. The molecule has 178 valence electrons. The number of nitrogens with two attached hydrogens (primary N) is 1. The second kappa shape index (κ2) is 14.9. The Bertz CT molecular complexity index is 1040. The first-order chi connectivity index (χ1) is 16.6. The quantitative estimate of drug-likeness (QED) is 0.256. The van der Waals surface area contributed by atoms with Gasteiger partial charge >= 0.3 is 0 Å². The SMILES string of the molecule is C/C=C\N(N)CC(NCC(Cc1ccc(Cl)cc1)c1cccc(C#N)c1)c1ccccc1.CC. The molecule has 3 rings (SSSR count). The summed E-state index contributed by atoms with van der Waals surface area (Å²) in [5.74, 6) is 6.36. The van der Waals surface area contributed by atoms with Crippen LogP contribution in [0.1, 0.15) is 55.0 Å². The molecule has 3 N–H and O–H groups in total. The maximum atomic E-state index is 9.37. The van der Waals surface area contributed by atoms with Gasteiger partial charge in [-0.1, -0.05) is 86.1 Å². The van der Waals surface area contributed by atoms with Crippen LogP contribution in [0.5, 0.6) is 0 Å². The van der Waals surface area contributed by atoms with E-state index in [1.165, 1.54) is 11.1 Å². The van der Waals surface area contributed by atoms with Crippen molar-refractivity contribution in [1.82, 2.24) is 10.3 Å². The summed E-state index contributed by atoms with van der Waals surface area (Å²) in [6, 6.07) is 28.5. The van der Waals surface area contributed by atoms with Gasteiger partial charge in [0.05, 0.1) is 24.2 Å². The molecular weight excluding hydrogens is 440 g/mol. The third-order valence-corrected chi connectivity index (χ3v) is 5.68. The van der Waals surface area contributed by atoms with E-state index in [-0.39, 0.29) is 12.0 Å². The Morgan fingerprint density at radius 1 is 1.00 bits per heavy atom. The Labute approximate surface area is 209 Å². The minimum atomic E-state index is 0.0595. The van der Waals surface area contributed by atoms with Crippen LogP contribution in [0, 0.1) is 11.3 Å². The number of halogens is 1. The fraction of sp³-hybridized carbons (Fsp3) is 0.276. The van der Waals surface area contributed by atoms with Crippen molar-refractivity contribution in [3.05, 3.63) is 118 Å². The van der Waals surface area contributed by atoms with Crippen molar-refractivity contribution in [3.8, 4) is 6.07 Å². The van der Waals surface area contributed by atoms with Crippen LogP contribution >= 0.6 is 11.6 Å². The number of hydrogen-bond acceptors (Lipinski definition) is 4. The van der Waals surface area contributed by atoms with Gasteiger partial charge in [-0.05, 0) is 54.3 Å². The van der Waals surface area contributed by atoms with Gasteiger partial charge in [-0.2, -0.15) is 5.26 Å². The lowest BCUT2D eigenvalue weighted by molar-refractivity contribution is 0.327. The summed E-state index contributed by atoms with van der Waals surface area (Å²) in [6.07, 6.45) is 4.64. The molecule has 0 amide bonds. The van der Waals surface area contributed by atoms with Gasteiger partial charge in [0.15, 0.2) is 0 Å². The van der Waals surface area contributed by atoms with Crippen LogP contribution in [-0.2, 0) is 6.42 Å². The molecule has 5 heteroatoms. The van der Waals surface area contributed by atoms with Crippen LogP contribution < -0.4 is 11.2 Å². The van der Waals surface area contributed by atoms with Gasteiger partial charge in [-0.15, -0.1) is 0 Å². The molecular formula is C29H35ClN4. The Kier molecular flexibility index (Phi) is 11.9. The summed E-state index contributed by atoms with van der Waals surface area (Å²) in [5, 5.41) is 15.5. The fourth-order valence-electron chi connectivity index (χ4n) is 3.80. The second-order valence-electron chi connectivity index (χ2n) is 7.82. The maximum Gasteiger partial charge on any atom is 0.0991 e. The number of rotatable bonds is 10. The average molecular weight is 475 g/mol. The lowest BCUT2D eigenvalue weighted by Gasteiger charge is -2.27. The molecule has 0 radical (unpaired) electrons. The van der Waals surface area contributed by atoms with Gasteiger partial charge in [0.25, 0.3) is 0 Å². The molecule has 0 heterocycles. The van der Waals surface area contributed by atoms with Crippen LogP contribution in [0.3, 0.4) is 0 Å². The molecule has 2 atom stereocenters. The number of hydrogen-bond donors (Lipinski definition) is 2. The van der Waals surface area contributed by atoms with Crippen molar-refractivity contribution in [2.75, 3.05) is 13.1 Å². The molecule has 0 aromatic heterocycles. The first-order valence-electron chi connectivity index (χ1n) is 11.8. The number of nitrogens with zero attached hydrogens (tertiary/aromatic N) is 2. The molecule has 0 aliphatic carbocycles. The summed E-state index contributed by atoms with van der Waals surface area (Å²) in [5.41, 5.74) is 4.19. The predicted octanol–water partition coefficient (Wildman–Crippen LogP) is 6.60. The highest BCUT2D eigenvalue weighted by Crippen LogP contribution is 2.24. The number of nitrogens with one attached hydrogen (secondary N) is 1. The summed E-state index contributed by atoms with van der Waals surface area (Å²) < 4.78 is 0. The standard InChI is InChI=1S/C27H29ClN4.C2H6/c1-2-15-32(30)20-27(23-8-4-3-5-9-23)31-19-25(16-21-11-13-26(28)14-12-21)24-10-6-7-22(17-24)18-29;1-2/h2-15,17,25,27,31H,16,19-20,30H2,1H3;1-2H3/b15-2-;. The van der Waals surface area contributed by atoms with E-state index in [0.29, 0.717) is 12.1 Å². The molecule has 0 bridgehead atoms. The van der Waals surface area contributed by atoms with E-state index in [1.54, 1.807) is 5.01 Å². The summed E-state index contributed by atoms with van der Waals surface area (Å²) in [6.45, 7) is 7.33. The molecule has 3 aromatic rings. The first kappa shape index (κ1) is 27.1. The zero-order chi connectivity index (χ0) is 24.8. The van der Waals surface area contributed by atoms with E-state index in [9.17, 15) is 5.26 Å². The van der Waals surface area contributed by atoms with Crippen LogP contribution in [-0.4, -0.2) is 18.1 Å². The van der Waals surface area contributed by atoms with Crippen molar-refractivity contribution >= 4 is 11.6 Å². The number of hydrazine groups is 1. The summed E-state index contributed by atoms with van der Waals surface area (Å²) in [4.78, 5) is 0. The van der Waals surface area contributed by atoms with Gasteiger partial charge < -0.3 is 10.3 Å². The third-order valence-electron chi connectivity index (χ3n) is 5.43. The van der Waals surface area contributed by atoms with Gasteiger partial charge in [-0.25, -0.2) is 5.84 Å². The van der Waals surface area contributed by atoms with E-state index in [4.69, 9.17) is 17.4 Å². The predicted molar refractivity (Wildman–Crippen MR) is 143 cm³/mol. The van der Waals surface area contributed by atoms with E-state index in [1.807, 2.05) is 81.6 Å². The lowest BCUT2D eigenvalue weighted by atomic mass is 9.90. The molecule has 0 aliphatic heterocycles. The van der Waals surface area contributed by atoms with Gasteiger partial charge in [0.1, 0.15) is 0 Å². The zero-order valence-corrected chi connectivity index (χ0v) is 21.0. The average Bonchev–Trinajstić information content (AvgIpc) is 2.88. The topological polar surface area (TPSA) is 65.1 Å². The van der Waals surface area contributed by atoms with Crippen LogP contribution in [0.2, 0.25) is 5.02 Å². The zero-order valence-electron chi connectivity index (χ0n) is 20.3. The fourth-order valence-corrected chi connectivity index (χ4v) is 3.92. The molecule has 0 saturated heterocycles. The van der Waals surface area contributed by atoms with Crippen molar-refractivity contribution in [3.63, 3.8) is 0 Å². The Hall–Kier alpha value is -3.10. The van der Waals surface area contributed by atoms with E-state index >= 15 is 0 Å². The van der Waals surface area contributed by atoms with Crippen molar-refractivity contribution in [2.45, 2.75) is 39.2 Å². The smallest absolute Gasteiger partial charge is 0.0991 e. The van der Waals surface area contributed by atoms with Crippen molar-refractivity contribution in [1.29, 1.82) is 5.26 Å². The molecule has 0 aliphatic rings. The highest BCUT2D eigenvalue weighted by molar-refractivity contribution is 6.30. The van der Waals surface area contributed by atoms with Gasteiger partial charge in [0.2, 0.25) is 0 Å². The minimum absolute atomic E-state index is 0.0595. The van der Waals surface area contributed by atoms with Gasteiger partial charge in [0, 0.05) is 23.7 Å². The highest BCUT2D eigenvalue weighted by Gasteiger charge is 2.18. The molecule has 0 fully saturated rings. The summed E-state index contributed by atoms with van der Waals surface area (Å²) in [7, 11) is 0. The Morgan fingerprint density at radius 3 is 2.32 bits per heavy atom. The maximum absolute atomic E-state index is 9.37. The first-order valence-corrected chi connectivity index (χ1v) is 12.1. The normalized spacial score (nSPS) is 12.4. The molecule has 34 heavy (non-hydrogen) atoms. The lowest BCUT2D eigenvalue weighted by Crippen LogP contribution is -2.38. The van der Waals surface area contributed by atoms with Crippen LogP contribution in [0.15, 0.2) is 91.1 Å². The van der Waals surface area contributed by atoms with Crippen molar-refractivity contribution in [2.24, 2.45) is 5.84 Å². The molecule has 2 unspecified atom stereocenters. The van der Waals surface area contributed by atoms with Crippen LogP contribution in [0.4, 0.5) is 0 Å². The van der Waals surface area contributed by atoms with E-state index < -0.39 is 0 Å². The second-order valence-corrected chi connectivity index (χ2v) is 8.25. The molecule has 3 aromatic carbocycles. The third kappa shape index (κ3) is 8.68. The van der Waals surface area contributed by atoms with E-state index in [2.05, 4.69) is 41.7 Å². The monoisotopic (exact) mass is 474 g/mol. The molecule has 0 spiro atoms. The number of benzene rings is 3. The summed E-state index contributed by atoms with van der Waals surface area (Å²) >= 11 is 6.08. The largest absolute Gasteiger partial charge is 0.317 e. The highest BCUT2D eigenvalue weighted by atomic mass is 35.5. The molecule has 0 saturated carbocycles. The van der Waals surface area contributed by atoms with E-state index in [0.717, 1.165) is 23.6 Å². The number of nitriles is 1.